The summed E-state index contributed by atoms with van der Waals surface area (Å²) in [6.07, 6.45) is 0. The van der Waals surface area contributed by atoms with E-state index in [0.29, 0.717) is 17.3 Å². The normalized spacial score (nSPS) is 11.3. The Morgan fingerprint density at radius 3 is 2.11 bits per heavy atom. The van der Waals surface area contributed by atoms with Crippen LogP contribution in [0, 0.1) is 0 Å². The summed E-state index contributed by atoms with van der Waals surface area (Å²) in [5.74, 6) is 1.22. The lowest BCUT2D eigenvalue weighted by atomic mass is 10.2. The highest BCUT2D eigenvalue weighted by molar-refractivity contribution is 6.32. The van der Waals surface area contributed by atoms with Crippen LogP contribution in [-0.4, -0.2) is 49.1 Å². The van der Waals surface area contributed by atoms with E-state index < -0.39 is 0 Å². The SMILES string of the molecule is CN(C)CCN(C)c1nc(-c2ccccc2)nc(Cl)c1N=Nc1ccccc1. The van der Waals surface area contributed by atoms with Gasteiger partial charge in [0.15, 0.2) is 22.5 Å². The second-order valence-corrected chi connectivity index (χ2v) is 6.99. The lowest BCUT2D eigenvalue weighted by Crippen LogP contribution is -2.29. The summed E-state index contributed by atoms with van der Waals surface area (Å²) in [7, 11) is 6.04. The molecule has 0 atom stereocenters. The number of halogens is 1. The zero-order valence-electron chi connectivity index (χ0n) is 16.2. The van der Waals surface area contributed by atoms with Gasteiger partial charge in [0.05, 0.1) is 5.69 Å². The molecule has 0 aliphatic heterocycles. The molecular formula is C21H23ClN6. The number of nitrogens with zero attached hydrogens (tertiary/aromatic N) is 6. The van der Waals surface area contributed by atoms with E-state index in [9.17, 15) is 0 Å². The van der Waals surface area contributed by atoms with Crippen molar-refractivity contribution in [2.24, 2.45) is 10.2 Å². The Morgan fingerprint density at radius 2 is 1.46 bits per heavy atom. The first-order valence-corrected chi connectivity index (χ1v) is 9.38. The minimum Gasteiger partial charge on any atom is -0.356 e. The first kappa shape index (κ1) is 19.9. The van der Waals surface area contributed by atoms with E-state index >= 15 is 0 Å². The standard InChI is InChI=1S/C21H23ClN6/c1-27(2)14-15-28(3)21-18(26-25-17-12-8-5-9-13-17)19(22)23-20(24-21)16-10-6-4-7-11-16/h4-13H,14-15H2,1-3H3. The van der Waals surface area contributed by atoms with Gasteiger partial charge in [-0.15, -0.1) is 5.11 Å². The number of likely N-dealkylation sites (N-methyl/N-ethyl adjacent to an activating group) is 2. The van der Waals surface area contributed by atoms with Gasteiger partial charge in [-0.3, -0.25) is 0 Å². The maximum Gasteiger partial charge on any atom is 0.165 e. The summed E-state index contributed by atoms with van der Waals surface area (Å²) >= 11 is 6.52. The quantitative estimate of drug-likeness (QED) is 0.407. The summed E-state index contributed by atoms with van der Waals surface area (Å²) in [6, 6.07) is 19.3. The van der Waals surface area contributed by atoms with Gasteiger partial charge in [0.25, 0.3) is 0 Å². The molecule has 3 rings (SSSR count). The summed E-state index contributed by atoms with van der Waals surface area (Å²) in [6.45, 7) is 1.64. The molecule has 0 amide bonds. The molecule has 0 aliphatic rings. The minimum absolute atomic E-state index is 0.278. The van der Waals surface area contributed by atoms with Crippen molar-refractivity contribution in [3.8, 4) is 11.4 Å². The van der Waals surface area contributed by atoms with Crippen LogP contribution >= 0.6 is 11.6 Å². The predicted octanol–water partition coefficient (Wildman–Crippen LogP) is 5.21. The van der Waals surface area contributed by atoms with E-state index in [1.54, 1.807) is 0 Å². The number of aromatic nitrogens is 2. The van der Waals surface area contributed by atoms with E-state index in [1.165, 1.54) is 0 Å². The van der Waals surface area contributed by atoms with Crippen molar-refractivity contribution in [1.82, 2.24) is 14.9 Å². The first-order valence-electron chi connectivity index (χ1n) is 9.00. The van der Waals surface area contributed by atoms with Crippen LogP contribution in [0.3, 0.4) is 0 Å². The third-order valence-corrected chi connectivity index (χ3v) is 4.38. The molecule has 144 valence electrons. The lowest BCUT2D eigenvalue weighted by molar-refractivity contribution is 0.416. The number of benzene rings is 2. The number of hydrogen-bond acceptors (Lipinski definition) is 6. The van der Waals surface area contributed by atoms with E-state index in [-0.39, 0.29) is 5.15 Å². The summed E-state index contributed by atoms with van der Waals surface area (Å²) < 4.78 is 0. The fourth-order valence-corrected chi connectivity index (χ4v) is 2.75. The van der Waals surface area contributed by atoms with Crippen LogP contribution in [0.15, 0.2) is 70.9 Å². The third-order valence-electron chi connectivity index (χ3n) is 4.12. The van der Waals surface area contributed by atoms with Gasteiger partial charge >= 0.3 is 0 Å². The summed E-state index contributed by atoms with van der Waals surface area (Å²) in [4.78, 5) is 13.4. The smallest absolute Gasteiger partial charge is 0.165 e. The maximum absolute atomic E-state index is 6.52. The molecule has 0 fully saturated rings. The molecule has 0 aliphatic carbocycles. The van der Waals surface area contributed by atoms with Crippen LogP contribution in [0.4, 0.5) is 17.2 Å². The maximum atomic E-state index is 6.52. The van der Waals surface area contributed by atoms with E-state index in [0.717, 1.165) is 24.3 Å². The van der Waals surface area contributed by atoms with Gasteiger partial charge in [0, 0.05) is 25.7 Å². The molecule has 0 saturated heterocycles. The van der Waals surface area contributed by atoms with E-state index in [1.807, 2.05) is 86.7 Å². The molecular weight excluding hydrogens is 372 g/mol. The summed E-state index contributed by atoms with van der Waals surface area (Å²) in [5.41, 5.74) is 2.11. The highest BCUT2D eigenvalue weighted by atomic mass is 35.5. The third kappa shape index (κ3) is 5.12. The second-order valence-electron chi connectivity index (χ2n) is 6.64. The van der Waals surface area contributed by atoms with Crippen molar-refractivity contribution in [2.45, 2.75) is 0 Å². The molecule has 0 bridgehead atoms. The monoisotopic (exact) mass is 394 g/mol. The number of rotatable bonds is 7. The van der Waals surface area contributed by atoms with Gasteiger partial charge in [0.2, 0.25) is 0 Å². The number of anilines is 1. The van der Waals surface area contributed by atoms with Crippen LogP contribution < -0.4 is 4.90 Å². The fraction of sp³-hybridized carbons (Fsp3) is 0.238. The Balaban J connectivity index is 2.02. The van der Waals surface area contributed by atoms with Crippen molar-refractivity contribution < 1.29 is 0 Å². The summed E-state index contributed by atoms with van der Waals surface area (Å²) in [5, 5.41) is 8.95. The van der Waals surface area contributed by atoms with E-state index in [4.69, 9.17) is 16.6 Å². The van der Waals surface area contributed by atoms with Crippen LogP contribution in [0.5, 0.6) is 0 Å². The van der Waals surface area contributed by atoms with Gasteiger partial charge in [0.1, 0.15) is 0 Å². The van der Waals surface area contributed by atoms with Gasteiger partial charge in [-0.1, -0.05) is 60.1 Å². The molecule has 0 saturated carbocycles. The lowest BCUT2D eigenvalue weighted by Gasteiger charge is -2.22. The molecule has 1 aromatic heterocycles. The van der Waals surface area contributed by atoms with Crippen molar-refractivity contribution in [3.05, 3.63) is 65.8 Å². The predicted molar refractivity (Wildman–Crippen MR) is 115 cm³/mol. The largest absolute Gasteiger partial charge is 0.356 e. The molecule has 0 spiro atoms. The van der Waals surface area contributed by atoms with Crippen molar-refractivity contribution in [3.63, 3.8) is 0 Å². The zero-order valence-corrected chi connectivity index (χ0v) is 17.0. The molecule has 7 heteroatoms. The Hall–Kier alpha value is -2.83. The van der Waals surface area contributed by atoms with Gasteiger partial charge in [-0.25, -0.2) is 9.97 Å². The van der Waals surface area contributed by atoms with Crippen LogP contribution in [-0.2, 0) is 0 Å². The molecule has 1 heterocycles. The van der Waals surface area contributed by atoms with Crippen LogP contribution in [0.2, 0.25) is 5.15 Å². The average molecular weight is 395 g/mol. The minimum atomic E-state index is 0.278. The van der Waals surface area contributed by atoms with Crippen LogP contribution in [0.25, 0.3) is 11.4 Å². The molecule has 28 heavy (non-hydrogen) atoms. The van der Waals surface area contributed by atoms with Gasteiger partial charge in [-0.05, 0) is 26.2 Å². The van der Waals surface area contributed by atoms with Crippen molar-refractivity contribution in [1.29, 1.82) is 0 Å². The van der Waals surface area contributed by atoms with Gasteiger partial charge in [-0.2, -0.15) is 5.11 Å². The zero-order chi connectivity index (χ0) is 19.9. The van der Waals surface area contributed by atoms with Gasteiger partial charge < -0.3 is 9.80 Å². The molecule has 0 unspecified atom stereocenters. The molecule has 3 aromatic rings. The Labute approximate surface area is 170 Å². The first-order chi connectivity index (χ1) is 13.5. The molecule has 0 N–H and O–H groups in total. The Morgan fingerprint density at radius 1 is 0.821 bits per heavy atom. The highest BCUT2D eigenvalue weighted by Crippen LogP contribution is 2.35. The molecule has 6 nitrogen and oxygen atoms in total. The Bertz CT molecular complexity index is 928. The van der Waals surface area contributed by atoms with E-state index in [2.05, 4.69) is 20.1 Å². The van der Waals surface area contributed by atoms with Crippen molar-refractivity contribution >= 4 is 28.8 Å². The van der Waals surface area contributed by atoms with Crippen molar-refractivity contribution in [2.75, 3.05) is 39.1 Å². The topological polar surface area (TPSA) is 57.0 Å². The fourth-order valence-electron chi connectivity index (χ4n) is 2.54. The number of hydrogen-bond donors (Lipinski definition) is 0. The molecule has 2 aromatic carbocycles. The number of azo groups is 1. The van der Waals surface area contributed by atoms with Crippen LogP contribution in [0.1, 0.15) is 0 Å². The highest BCUT2D eigenvalue weighted by Gasteiger charge is 2.18. The average Bonchev–Trinajstić information content (AvgIpc) is 2.72. The Kier molecular flexibility index (Phi) is 6.68. The molecule has 0 radical (unpaired) electrons. The second kappa shape index (κ2) is 9.39.